The fraction of sp³-hybridized carbons (Fsp3) is 0.643. The molecule has 1 saturated carbocycles. The SMILES string of the molecule is c1cc(OCC2CCCNC2)ncc1C1CC1. The molecule has 0 radical (unpaired) electrons. The summed E-state index contributed by atoms with van der Waals surface area (Å²) in [6.45, 7) is 3.04. The Labute approximate surface area is 103 Å². The zero-order chi connectivity index (χ0) is 11.5. The molecule has 2 aliphatic rings. The minimum Gasteiger partial charge on any atom is -0.477 e. The maximum absolute atomic E-state index is 5.75. The number of hydrogen-bond acceptors (Lipinski definition) is 3. The summed E-state index contributed by atoms with van der Waals surface area (Å²) in [6, 6.07) is 4.18. The van der Waals surface area contributed by atoms with Crippen molar-refractivity contribution >= 4 is 0 Å². The van der Waals surface area contributed by atoms with E-state index >= 15 is 0 Å². The van der Waals surface area contributed by atoms with Gasteiger partial charge in [0.2, 0.25) is 5.88 Å². The number of aromatic nitrogens is 1. The van der Waals surface area contributed by atoms with E-state index in [1.54, 1.807) is 0 Å². The number of rotatable bonds is 4. The van der Waals surface area contributed by atoms with E-state index in [4.69, 9.17) is 4.74 Å². The summed E-state index contributed by atoms with van der Waals surface area (Å²) in [7, 11) is 0. The van der Waals surface area contributed by atoms with E-state index in [-0.39, 0.29) is 0 Å². The second kappa shape index (κ2) is 5.05. The molecular formula is C14H20N2O. The summed E-state index contributed by atoms with van der Waals surface area (Å²) in [5, 5.41) is 3.40. The maximum atomic E-state index is 5.75. The Balaban J connectivity index is 1.50. The van der Waals surface area contributed by atoms with E-state index in [1.807, 2.05) is 12.3 Å². The number of nitrogens with one attached hydrogen (secondary N) is 1. The second-order valence-electron chi connectivity index (χ2n) is 5.23. The van der Waals surface area contributed by atoms with E-state index in [0.29, 0.717) is 5.92 Å². The predicted molar refractivity (Wildman–Crippen MR) is 67.3 cm³/mol. The Kier molecular flexibility index (Phi) is 3.27. The van der Waals surface area contributed by atoms with Crippen LogP contribution < -0.4 is 10.1 Å². The highest BCUT2D eigenvalue weighted by Gasteiger charge is 2.23. The summed E-state index contributed by atoms with van der Waals surface area (Å²) < 4.78 is 5.75. The monoisotopic (exact) mass is 232 g/mol. The van der Waals surface area contributed by atoms with Crippen LogP contribution in [-0.2, 0) is 0 Å². The molecular weight excluding hydrogens is 212 g/mol. The molecule has 1 saturated heterocycles. The predicted octanol–water partition coefficient (Wildman–Crippen LogP) is 2.34. The van der Waals surface area contributed by atoms with E-state index in [1.165, 1.54) is 31.2 Å². The molecule has 1 N–H and O–H groups in total. The van der Waals surface area contributed by atoms with Crippen molar-refractivity contribution in [2.45, 2.75) is 31.6 Å². The van der Waals surface area contributed by atoms with E-state index in [0.717, 1.165) is 31.5 Å². The Hall–Kier alpha value is -1.09. The van der Waals surface area contributed by atoms with Crippen LogP contribution in [0.1, 0.15) is 37.2 Å². The first kappa shape index (κ1) is 11.0. The first-order chi connectivity index (χ1) is 8.42. The lowest BCUT2D eigenvalue weighted by Gasteiger charge is -2.22. The molecule has 0 spiro atoms. The Morgan fingerprint density at radius 3 is 2.88 bits per heavy atom. The molecule has 3 nitrogen and oxygen atoms in total. The topological polar surface area (TPSA) is 34.1 Å². The van der Waals surface area contributed by atoms with Crippen LogP contribution in [0.4, 0.5) is 0 Å². The summed E-state index contributed by atoms with van der Waals surface area (Å²) in [5.41, 5.74) is 1.37. The standard InChI is InChI=1S/C14H20N2O/c1-2-11(8-15-7-1)10-17-14-6-5-13(9-16-14)12-3-4-12/h5-6,9,11-12,15H,1-4,7-8,10H2. The molecule has 3 heteroatoms. The normalized spacial score (nSPS) is 24.6. The van der Waals surface area contributed by atoms with Gasteiger partial charge < -0.3 is 10.1 Å². The van der Waals surface area contributed by atoms with Crippen molar-refractivity contribution in [3.8, 4) is 5.88 Å². The smallest absolute Gasteiger partial charge is 0.213 e. The summed E-state index contributed by atoms with van der Waals surface area (Å²) in [5.74, 6) is 2.20. The first-order valence-electron chi connectivity index (χ1n) is 6.71. The zero-order valence-corrected chi connectivity index (χ0v) is 10.2. The lowest BCUT2D eigenvalue weighted by atomic mass is 10.0. The molecule has 1 atom stereocenters. The van der Waals surface area contributed by atoms with Crippen LogP contribution in [0.25, 0.3) is 0 Å². The van der Waals surface area contributed by atoms with Gasteiger partial charge in [-0.2, -0.15) is 0 Å². The fourth-order valence-corrected chi connectivity index (χ4v) is 2.40. The summed E-state index contributed by atoms with van der Waals surface area (Å²) in [4.78, 5) is 4.38. The largest absolute Gasteiger partial charge is 0.477 e. The van der Waals surface area contributed by atoms with Crippen LogP contribution in [-0.4, -0.2) is 24.7 Å². The molecule has 2 heterocycles. The third-order valence-electron chi connectivity index (χ3n) is 3.67. The molecule has 3 rings (SSSR count). The molecule has 17 heavy (non-hydrogen) atoms. The van der Waals surface area contributed by atoms with Crippen LogP contribution in [0.3, 0.4) is 0 Å². The molecule has 1 aliphatic heterocycles. The molecule has 1 unspecified atom stereocenters. The van der Waals surface area contributed by atoms with Gasteiger partial charge in [0, 0.05) is 24.7 Å². The van der Waals surface area contributed by atoms with Crippen LogP contribution in [0, 0.1) is 5.92 Å². The highest BCUT2D eigenvalue weighted by Crippen LogP contribution is 2.39. The number of pyridine rings is 1. The Morgan fingerprint density at radius 1 is 1.29 bits per heavy atom. The quantitative estimate of drug-likeness (QED) is 0.865. The molecule has 1 aromatic rings. The molecule has 0 aromatic carbocycles. The van der Waals surface area contributed by atoms with Crippen molar-refractivity contribution in [2.24, 2.45) is 5.92 Å². The van der Waals surface area contributed by atoms with Gasteiger partial charge in [-0.3, -0.25) is 0 Å². The van der Waals surface area contributed by atoms with Gasteiger partial charge in [-0.1, -0.05) is 6.07 Å². The van der Waals surface area contributed by atoms with Crippen molar-refractivity contribution in [1.29, 1.82) is 0 Å². The zero-order valence-electron chi connectivity index (χ0n) is 10.2. The van der Waals surface area contributed by atoms with Gasteiger partial charge in [-0.05, 0) is 43.7 Å². The second-order valence-corrected chi connectivity index (χ2v) is 5.23. The van der Waals surface area contributed by atoms with E-state index in [2.05, 4.69) is 16.4 Å². The fourth-order valence-electron chi connectivity index (χ4n) is 2.40. The van der Waals surface area contributed by atoms with Gasteiger partial charge in [-0.25, -0.2) is 4.98 Å². The first-order valence-corrected chi connectivity index (χ1v) is 6.71. The third-order valence-corrected chi connectivity index (χ3v) is 3.67. The molecule has 0 amide bonds. The van der Waals surface area contributed by atoms with Crippen molar-refractivity contribution in [2.75, 3.05) is 19.7 Å². The Morgan fingerprint density at radius 2 is 2.24 bits per heavy atom. The molecule has 2 fully saturated rings. The third kappa shape index (κ3) is 2.97. The van der Waals surface area contributed by atoms with Gasteiger partial charge >= 0.3 is 0 Å². The van der Waals surface area contributed by atoms with Crippen LogP contribution in [0.2, 0.25) is 0 Å². The Bertz CT molecular complexity index is 353. The number of nitrogens with zero attached hydrogens (tertiary/aromatic N) is 1. The number of hydrogen-bond donors (Lipinski definition) is 1. The summed E-state index contributed by atoms with van der Waals surface area (Å²) in [6.07, 6.45) is 7.17. The van der Waals surface area contributed by atoms with Crippen molar-refractivity contribution in [3.05, 3.63) is 23.9 Å². The highest BCUT2D eigenvalue weighted by atomic mass is 16.5. The minimum absolute atomic E-state index is 0.647. The molecule has 0 bridgehead atoms. The van der Waals surface area contributed by atoms with Crippen LogP contribution in [0.15, 0.2) is 18.3 Å². The average Bonchev–Trinajstić information content (AvgIpc) is 3.23. The van der Waals surface area contributed by atoms with Crippen LogP contribution >= 0.6 is 0 Å². The van der Waals surface area contributed by atoms with Gasteiger partial charge in [-0.15, -0.1) is 0 Å². The van der Waals surface area contributed by atoms with E-state index in [9.17, 15) is 0 Å². The summed E-state index contributed by atoms with van der Waals surface area (Å²) >= 11 is 0. The maximum Gasteiger partial charge on any atom is 0.213 e. The lowest BCUT2D eigenvalue weighted by molar-refractivity contribution is 0.212. The van der Waals surface area contributed by atoms with Crippen molar-refractivity contribution < 1.29 is 4.74 Å². The van der Waals surface area contributed by atoms with Crippen molar-refractivity contribution in [3.63, 3.8) is 0 Å². The lowest BCUT2D eigenvalue weighted by Crippen LogP contribution is -2.33. The molecule has 1 aromatic heterocycles. The molecule has 92 valence electrons. The van der Waals surface area contributed by atoms with Gasteiger partial charge in [0.15, 0.2) is 0 Å². The van der Waals surface area contributed by atoms with Gasteiger partial charge in [0.1, 0.15) is 0 Å². The minimum atomic E-state index is 0.647. The average molecular weight is 232 g/mol. The highest BCUT2D eigenvalue weighted by molar-refractivity contribution is 5.24. The van der Waals surface area contributed by atoms with Gasteiger partial charge in [0.25, 0.3) is 0 Å². The van der Waals surface area contributed by atoms with Crippen molar-refractivity contribution in [1.82, 2.24) is 10.3 Å². The van der Waals surface area contributed by atoms with E-state index < -0.39 is 0 Å². The molecule has 1 aliphatic carbocycles. The number of piperidine rings is 1. The number of ether oxygens (including phenoxy) is 1. The van der Waals surface area contributed by atoms with Crippen LogP contribution in [0.5, 0.6) is 5.88 Å². The van der Waals surface area contributed by atoms with Gasteiger partial charge in [0.05, 0.1) is 6.61 Å².